The fourth-order valence-corrected chi connectivity index (χ4v) is 6.65. The molecule has 0 N–H and O–H groups in total. The van der Waals surface area contributed by atoms with Crippen molar-refractivity contribution in [2.24, 2.45) is 0 Å². The summed E-state index contributed by atoms with van der Waals surface area (Å²) in [5, 5.41) is 12.1. The number of likely N-dealkylation sites (N-methyl/N-ethyl adjacent to an activating group) is 1. The molecule has 12 heteroatoms. The van der Waals surface area contributed by atoms with Crippen LogP contribution in [0.4, 0.5) is 15.9 Å². The summed E-state index contributed by atoms with van der Waals surface area (Å²) in [7, 11) is 2.12. The second kappa shape index (κ2) is 12.9. The lowest BCUT2D eigenvalue weighted by atomic mass is 9.92. The molecule has 0 spiro atoms. The number of piperazine rings is 1. The van der Waals surface area contributed by atoms with Gasteiger partial charge in [0, 0.05) is 61.3 Å². The Morgan fingerprint density at radius 1 is 1.23 bits per heavy atom. The summed E-state index contributed by atoms with van der Waals surface area (Å²) in [5.74, 6) is -1.06. The standard InChI is InChI=1S/C32H36ClFN8O2/c1-21(34)31(43)42-14-13-41(19-24(42)9-11-35)30-25-10-12-40(28-18-36-17-22-5-3-8-26(33)29(22)28)20-27(25)37-32(38-30)44-16-15-39(2)23-6-4-7-23/h3,5,8,17-18,23-24H,1,4,6-7,9-10,12-16,19-20H2,2H3/t24-/m0/s1. The SMILES string of the molecule is C=C(F)C(=O)N1CCN(c2nc(OCCN(C)C3CCC3)nc3c2CCN(c2cncc4cccc(Cl)c24)C3)C[C@@H]1CC#N. The van der Waals surface area contributed by atoms with Crippen molar-refractivity contribution in [3.63, 3.8) is 0 Å². The van der Waals surface area contributed by atoms with Crippen LogP contribution in [-0.4, -0.2) is 89.1 Å². The Morgan fingerprint density at radius 2 is 2.07 bits per heavy atom. The summed E-state index contributed by atoms with van der Waals surface area (Å²) in [6.07, 6.45) is 8.10. The predicted octanol–water partition coefficient (Wildman–Crippen LogP) is 4.52. The number of benzene rings is 1. The monoisotopic (exact) mass is 618 g/mol. The third-order valence-corrected chi connectivity index (χ3v) is 9.37. The number of nitrogens with zero attached hydrogens (tertiary/aromatic N) is 8. The van der Waals surface area contributed by atoms with Gasteiger partial charge in [-0.1, -0.05) is 36.7 Å². The number of rotatable bonds is 9. The van der Waals surface area contributed by atoms with Gasteiger partial charge < -0.3 is 24.3 Å². The molecule has 1 atom stereocenters. The number of fused-ring (bicyclic) bond motifs is 2. The predicted molar refractivity (Wildman–Crippen MR) is 167 cm³/mol. The number of anilines is 2. The molecule has 0 unspecified atom stereocenters. The third-order valence-electron chi connectivity index (χ3n) is 9.05. The summed E-state index contributed by atoms with van der Waals surface area (Å²) >= 11 is 6.66. The van der Waals surface area contributed by atoms with Gasteiger partial charge in [-0.25, -0.2) is 4.39 Å². The van der Waals surface area contributed by atoms with Crippen molar-refractivity contribution in [3.8, 4) is 12.1 Å². The van der Waals surface area contributed by atoms with Crippen LogP contribution >= 0.6 is 11.6 Å². The van der Waals surface area contributed by atoms with Gasteiger partial charge in [-0.3, -0.25) is 9.78 Å². The lowest BCUT2D eigenvalue weighted by molar-refractivity contribution is -0.131. The van der Waals surface area contributed by atoms with E-state index in [1.807, 2.05) is 30.6 Å². The number of amides is 1. The Labute approximate surface area is 261 Å². The highest BCUT2D eigenvalue weighted by molar-refractivity contribution is 6.36. The van der Waals surface area contributed by atoms with Gasteiger partial charge in [0.25, 0.3) is 5.91 Å². The molecule has 1 saturated carbocycles. The Hall–Kier alpha value is -4.01. The van der Waals surface area contributed by atoms with E-state index in [2.05, 4.69) is 39.4 Å². The fourth-order valence-electron chi connectivity index (χ4n) is 6.37. The van der Waals surface area contributed by atoms with Gasteiger partial charge in [-0.2, -0.15) is 15.2 Å². The van der Waals surface area contributed by atoms with Crippen molar-refractivity contribution in [3.05, 3.63) is 59.3 Å². The second-order valence-corrected chi connectivity index (χ2v) is 12.1. The molecular formula is C32H36ClFN8O2. The van der Waals surface area contributed by atoms with Crippen LogP contribution in [0.5, 0.6) is 6.01 Å². The van der Waals surface area contributed by atoms with E-state index in [1.54, 1.807) is 0 Å². The number of carbonyl (C=O) groups is 1. The normalized spacial score (nSPS) is 18.6. The maximum Gasteiger partial charge on any atom is 0.318 e. The lowest BCUT2D eigenvalue weighted by Gasteiger charge is -2.42. The number of aromatic nitrogens is 3. The zero-order chi connectivity index (χ0) is 30.8. The van der Waals surface area contributed by atoms with Gasteiger partial charge in [0.05, 0.1) is 47.7 Å². The molecule has 2 aliphatic heterocycles. The Morgan fingerprint density at radius 3 is 2.82 bits per heavy atom. The molecular weight excluding hydrogens is 583 g/mol. The minimum absolute atomic E-state index is 0.0717. The molecule has 3 aliphatic rings. The maximum atomic E-state index is 13.8. The molecule has 2 aromatic heterocycles. The third kappa shape index (κ3) is 6.01. The summed E-state index contributed by atoms with van der Waals surface area (Å²) in [6.45, 7) is 6.63. The first-order valence-electron chi connectivity index (χ1n) is 15.1. The quantitative estimate of drug-likeness (QED) is 0.320. The number of hydrogen-bond donors (Lipinski definition) is 0. The van der Waals surface area contributed by atoms with Gasteiger partial charge >= 0.3 is 6.01 Å². The van der Waals surface area contributed by atoms with E-state index in [9.17, 15) is 14.4 Å². The molecule has 3 aromatic rings. The molecule has 2 fully saturated rings. The molecule has 1 aliphatic carbocycles. The molecule has 230 valence electrons. The summed E-state index contributed by atoms with van der Waals surface area (Å²) in [6, 6.07) is 8.36. The highest BCUT2D eigenvalue weighted by Crippen LogP contribution is 2.37. The van der Waals surface area contributed by atoms with E-state index in [4.69, 9.17) is 26.3 Å². The average molecular weight is 619 g/mol. The Balaban J connectivity index is 1.30. The van der Waals surface area contributed by atoms with Crippen LogP contribution in [-0.2, 0) is 17.8 Å². The number of nitriles is 1. The summed E-state index contributed by atoms with van der Waals surface area (Å²) in [4.78, 5) is 34.8. The molecule has 6 rings (SSSR count). The van der Waals surface area contributed by atoms with E-state index in [1.165, 1.54) is 24.2 Å². The number of halogens is 2. The average Bonchev–Trinajstić information content (AvgIpc) is 2.99. The van der Waals surface area contributed by atoms with Crippen molar-refractivity contribution >= 4 is 39.8 Å². The topological polar surface area (TPSA) is 102 Å². The van der Waals surface area contributed by atoms with Gasteiger partial charge in [-0.15, -0.1) is 0 Å². The van der Waals surface area contributed by atoms with Crippen molar-refractivity contribution in [2.75, 3.05) is 56.2 Å². The number of carbonyl (C=O) groups excluding carboxylic acids is 1. The minimum atomic E-state index is -1.02. The first-order valence-corrected chi connectivity index (χ1v) is 15.5. The Kier molecular flexibility index (Phi) is 8.82. The zero-order valence-corrected chi connectivity index (χ0v) is 25.6. The van der Waals surface area contributed by atoms with Crippen LogP contribution in [0.2, 0.25) is 5.02 Å². The van der Waals surface area contributed by atoms with E-state index >= 15 is 0 Å². The molecule has 0 bridgehead atoms. The largest absolute Gasteiger partial charge is 0.462 e. The first kappa shape index (κ1) is 30.0. The number of pyridine rings is 1. The highest BCUT2D eigenvalue weighted by atomic mass is 35.5. The summed E-state index contributed by atoms with van der Waals surface area (Å²) < 4.78 is 20.0. The molecule has 10 nitrogen and oxygen atoms in total. The molecule has 44 heavy (non-hydrogen) atoms. The van der Waals surface area contributed by atoms with Gasteiger partial charge in [-0.05, 0) is 32.4 Å². The van der Waals surface area contributed by atoms with Crippen LogP contribution in [0, 0.1) is 11.3 Å². The summed E-state index contributed by atoms with van der Waals surface area (Å²) in [5.41, 5.74) is 2.79. The molecule has 0 radical (unpaired) electrons. The van der Waals surface area contributed by atoms with Crippen LogP contribution < -0.4 is 14.5 Å². The van der Waals surface area contributed by atoms with E-state index < -0.39 is 17.8 Å². The Bertz CT molecular complexity index is 1600. The van der Waals surface area contributed by atoms with Crippen LogP contribution in [0.1, 0.15) is 36.9 Å². The first-order chi connectivity index (χ1) is 21.3. The highest BCUT2D eigenvalue weighted by Gasteiger charge is 2.35. The minimum Gasteiger partial charge on any atom is -0.462 e. The van der Waals surface area contributed by atoms with E-state index in [0.29, 0.717) is 56.3 Å². The van der Waals surface area contributed by atoms with Gasteiger partial charge in [0.2, 0.25) is 0 Å². The van der Waals surface area contributed by atoms with Crippen molar-refractivity contribution < 1.29 is 13.9 Å². The molecule has 1 amide bonds. The smallest absolute Gasteiger partial charge is 0.318 e. The van der Waals surface area contributed by atoms with Crippen LogP contribution in [0.3, 0.4) is 0 Å². The molecule has 4 heterocycles. The van der Waals surface area contributed by atoms with Crippen molar-refractivity contribution in [1.82, 2.24) is 24.8 Å². The van der Waals surface area contributed by atoms with E-state index in [-0.39, 0.29) is 13.0 Å². The van der Waals surface area contributed by atoms with Crippen molar-refractivity contribution in [2.45, 2.75) is 50.7 Å². The number of ether oxygens (including phenoxy) is 1. The second-order valence-electron chi connectivity index (χ2n) is 11.7. The lowest BCUT2D eigenvalue weighted by Crippen LogP contribution is -2.55. The van der Waals surface area contributed by atoms with Gasteiger partial charge in [0.15, 0.2) is 5.83 Å². The van der Waals surface area contributed by atoms with Crippen LogP contribution in [0.15, 0.2) is 43.0 Å². The number of hydrogen-bond acceptors (Lipinski definition) is 9. The maximum absolute atomic E-state index is 13.8. The molecule has 1 saturated heterocycles. The van der Waals surface area contributed by atoms with Crippen LogP contribution in [0.25, 0.3) is 10.8 Å². The fraction of sp³-hybridized carbons (Fsp3) is 0.469. The van der Waals surface area contributed by atoms with E-state index in [0.717, 1.165) is 40.1 Å². The zero-order valence-electron chi connectivity index (χ0n) is 24.9. The molecule has 1 aromatic carbocycles. The van der Waals surface area contributed by atoms with Crippen molar-refractivity contribution in [1.29, 1.82) is 5.26 Å². The van der Waals surface area contributed by atoms with Gasteiger partial charge in [0.1, 0.15) is 12.4 Å².